The highest BCUT2D eigenvalue weighted by molar-refractivity contribution is 5.78. The second-order valence-electron chi connectivity index (χ2n) is 6.71. The molecule has 20 heavy (non-hydrogen) atoms. The molecular formula is C15H32N4O. The van der Waals surface area contributed by atoms with E-state index in [1.807, 2.05) is 6.92 Å². The normalized spacial score (nSPS) is 23.6. The first-order valence-electron chi connectivity index (χ1n) is 7.65. The third-order valence-electron chi connectivity index (χ3n) is 3.96. The highest BCUT2D eigenvalue weighted by atomic mass is 16.5. The van der Waals surface area contributed by atoms with Crippen LogP contribution in [0.3, 0.4) is 0 Å². The third kappa shape index (κ3) is 5.67. The number of aliphatic imine (C=N–C) groups is 1. The number of nitrogens with two attached hydrogens (primary N) is 1. The molecule has 0 bridgehead atoms. The summed E-state index contributed by atoms with van der Waals surface area (Å²) in [4.78, 5) is 7.04. The molecule has 0 saturated carbocycles. The fraction of sp³-hybridized carbons (Fsp3) is 0.933. The highest BCUT2D eigenvalue weighted by Crippen LogP contribution is 2.23. The van der Waals surface area contributed by atoms with Crippen molar-refractivity contribution in [1.29, 1.82) is 0 Å². The lowest BCUT2D eigenvalue weighted by Crippen LogP contribution is -2.51. The first-order valence-corrected chi connectivity index (χ1v) is 7.65. The van der Waals surface area contributed by atoms with Crippen molar-refractivity contribution in [3.05, 3.63) is 0 Å². The van der Waals surface area contributed by atoms with Crippen molar-refractivity contribution in [2.75, 3.05) is 33.4 Å². The Labute approximate surface area is 124 Å². The van der Waals surface area contributed by atoms with Gasteiger partial charge in [-0.2, -0.15) is 0 Å². The topological polar surface area (TPSA) is 62.9 Å². The van der Waals surface area contributed by atoms with E-state index < -0.39 is 0 Å². The van der Waals surface area contributed by atoms with Crippen LogP contribution < -0.4 is 11.1 Å². The average Bonchev–Trinajstić information content (AvgIpc) is 2.37. The zero-order chi connectivity index (χ0) is 15.2. The van der Waals surface area contributed by atoms with E-state index in [4.69, 9.17) is 10.5 Å². The summed E-state index contributed by atoms with van der Waals surface area (Å²) in [7, 11) is 1.69. The Kier molecular flexibility index (Phi) is 6.76. The summed E-state index contributed by atoms with van der Waals surface area (Å²) in [6.45, 7) is 12.5. The van der Waals surface area contributed by atoms with Gasteiger partial charge in [-0.3, -0.25) is 9.89 Å². The van der Waals surface area contributed by atoms with Crippen molar-refractivity contribution in [3.8, 4) is 0 Å². The van der Waals surface area contributed by atoms with Crippen LogP contribution in [0, 0.1) is 5.92 Å². The number of nitrogens with zero attached hydrogens (tertiary/aromatic N) is 2. The lowest BCUT2D eigenvalue weighted by atomic mass is 9.94. The van der Waals surface area contributed by atoms with Crippen LogP contribution >= 0.6 is 0 Å². The summed E-state index contributed by atoms with van der Waals surface area (Å²) < 4.78 is 5.08. The predicted molar refractivity (Wildman–Crippen MR) is 85.0 cm³/mol. The molecule has 0 aromatic heterocycles. The molecule has 5 nitrogen and oxygen atoms in total. The minimum Gasteiger partial charge on any atom is -0.383 e. The lowest BCUT2D eigenvalue weighted by molar-refractivity contribution is 0.0774. The molecule has 1 saturated heterocycles. The van der Waals surface area contributed by atoms with Gasteiger partial charge >= 0.3 is 0 Å². The quantitative estimate of drug-likeness (QED) is 0.572. The zero-order valence-corrected chi connectivity index (χ0v) is 13.8. The van der Waals surface area contributed by atoms with E-state index in [1.165, 1.54) is 19.4 Å². The summed E-state index contributed by atoms with van der Waals surface area (Å²) in [5, 5.41) is 3.15. The van der Waals surface area contributed by atoms with E-state index >= 15 is 0 Å². The van der Waals surface area contributed by atoms with Gasteiger partial charge in [-0.15, -0.1) is 0 Å². The van der Waals surface area contributed by atoms with E-state index in [2.05, 4.69) is 36.0 Å². The van der Waals surface area contributed by atoms with Crippen LogP contribution in [0.1, 0.15) is 40.5 Å². The third-order valence-corrected chi connectivity index (χ3v) is 3.96. The predicted octanol–water partition coefficient (Wildman–Crippen LogP) is 1.44. The number of guanidine groups is 1. The minimum atomic E-state index is 0.0610. The molecule has 1 aliphatic rings. The average molecular weight is 284 g/mol. The van der Waals surface area contributed by atoms with Crippen LogP contribution in [0.15, 0.2) is 4.99 Å². The van der Waals surface area contributed by atoms with Crippen LogP contribution in [0.2, 0.25) is 0 Å². The van der Waals surface area contributed by atoms with Gasteiger partial charge in [0.1, 0.15) is 0 Å². The number of rotatable bonds is 6. The van der Waals surface area contributed by atoms with Crippen molar-refractivity contribution >= 4 is 5.96 Å². The van der Waals surface area contributed by atoms with E-state index in [-0.39, 0.29) is 11.6 Å². The maximum absolute atomic E-state index is 5.93. The fourth-order valence-electron chi connectivity index (χ4n) is 2.71. The van der Waals surface area contributed by atoms with Gasteiger partial charge in [-0.25, -0.2) is 0 Å². The first kappa shape index (κ1) is 17.2. The smallest absolute Gasteiger partial charge is 0.188 e. The van der Waals surface area contributed by atoms with E-state index in [1.54, 1.807) is 7.11 Å². The summed E-state index contributed by atoms with van der Waals surface area (Å²) in [5.41, 5.74) is 5.99. The Hall–Kier alpha value is -0.810. The van der Waals surface area contributed by atoms with Gasteiger partial charge in [-0.05, 0) is 46.1 Å². The summed E-state index contributed by atoms with van der Waals surface area (Å²) in [6, 6.07) is 0.182. The molecule has 1 rings (SSSR count). The maximum Gasteiger partial charge on any atom is 0.188 e. The van der Waals surface area contributed by atoms with Gasteiger partial charge < -0.3 is 15.8 Å². The van der Waals surface area contributed by atoms with E-state index in [0.717, 1.165) is 19.0 Å². The summed E-state index contributed by atoms with van der Waals surface area (Å²) in [6.07, 6.45) is 2.63. The molecule has 1 heterocycles. The number of hydrogen-bond donors (Lipinski definition) is 2. The highest BCUT2D eigenvalue weighted by Gasteiger charge is 2.29. The minimum absolute atomic E-state index is 0.0610. The van der Waals surface area contributed by atoms with E-state index in [9.17, 15) is 0 Å². The number of methoxy groups -OCH3 is 1. The van der Waals surface area contributed by atoms with Gasteiger partial charge in [0.25, 0.3) is 0 Å². The molecule has 0 spiro atoms. The maximum atomic E-state index is 5.93. The molecule has 0 aliphatic carbocycles. The van der Waals surface area contributed by atoms with Crippen LogP contribution in [0.25, 0.3) is 0 Å². The van der Waals surface area contributed by atoms with Crippen LogP contribution in [-0.4, -0.2) is 55.8 Å². The number of piperidine rings is 1. The number of nitrogens with one attached hydrogen (secondary N) is 1. The van der Waals surface area contributed by atoms with Crippen molar-refractivity contribution in [3.63, 3.8) is 0 Å². The molecule has 1 aliphatic heterocycles. The van der Waals surface area contributed by atoms with Crippen LogP contribution in [-0.2, 0) is 4.74 Å². The molecule has 3 N–H and O–H groups in total. The van der Waals surface area contributed by atoms with Crippen molar-refractivity contribution < 1.29 is 4.74 Å². The standard InChI is InChI=1S/C15H32N4O/c1-12-7-6-8-19(9-12)15(3,4)11-17-14(16)18-13(2)10-20-5/h12-13H,6-11H2,1-5H3,(H3,16,17,18). The van der Waals surface area contributed by atoms with Crippen LogP contribution in [0.4, 0.5) is 0 Å². The van der Waals surface area contributed by atoms with Gasteiger partial charge in [0, 0.05) is 25.2 Å². The molecule has 2 unspecified atom stereocenters. The zero-order valence-electron chi connectivity index (χ0n) is 13.8. The Morgan fingerprint density at radius 1 is 1.55 bits per heavy atom. The SMILES string of the molecule is COCC(C)NC(N)=NCC(C)(C)N1CCCC(C)C1. The summed E-state index contributed by atoms with van der Waals surface area (Å²) >= 11 is 0. The second-order valence-corrected chi connectivity index (χ2v) is 6.71. The Balaban J connectivity index is 2.48. The Morgan fingerprint density at radius 2 is 2.25 bits per heavy atom. The van der Waals surface area contributed by atoms with Crippen molar-refractivity contribution in [2.45, 2.75) is 52.1 Å². The molecule has 2 atom stereocenters. The number of likely N-dealkylation sites (tertiary alicyclic amines) is 1. The van der Waals surface area contributed by atoms with Gasteiger partial charge in [0.15, 0.2) is 5.96 Å². The molecule has 0 aromatic carbocycles. The largest absolute Gasteiger partial charge is 0.383 e. The molecule has 1 fully saturated rings. The van der Waals surface area contributed by atoms with Gasteiger partial charge in [0.05, 0.1) is 13.2 Å². The molecular weight excluding hydrogens is 252 g/mol. The van der Waals surface area contributed by atoms with E-state index in [0.29, 0.717) is 12.6 Å². The van der Waals surface area contributed by atoms with Crippen molar-refractivity contribution in [2.24, 2.45) is 16.6 Å². The van der Waals surface area contributed by atoms with Crippen molar-refractivity contribution in [1.82, 2.24) is 10.2 Å². The van der Waals surface area contributed by atoms with Gasteiger partial charge in [-0.1, -0.05) is 6.92 Å². The fourth-order valence-corrected chi connectivity index (χ4v) is 2.71. The first-order chi connectivity index (χ1) is 9.35. The number of ether oxygens (including phenoxy) is 1. The second kappa shape index (κ2) is 7.84. The summed E-state index contributed by atoms with van der Waals surface area (Å²) in [5.74, 6) is 1.29. The molecule has 0 aromatic rings. The monoisotopic (exact) mass is 284 g/mol. The number of hydrogen-bond acceptors (Lipinski definition) is 3. The molecule has 118 valence electrons. The molecule has 0 amide bonds. The molecule has 5 heteroatoms. The Morgan fingerprint density at radius 3 is 2.85 bits per heavy atom. The van der Waals surface area contributed by atoms with Gasteiger partial charge in [0.2, 0.25) is 0 Å². The lowest BCUT2D eigenvalue weighted by Gasteiger charge is -2.42. The Bertz CT molecular complexity index is 317. The van der Waals surface area contributed by atoms with Crippen LogP contribution in [0.5, 0.6) is 0 Å². The molecule has 0 radical (unpaired) electrons.